The molecule has 3 saturated heterocycles. The van der Waals surface area contributed by atoms with Gasteiger partial charge in [0.05, 0.1) is 65.3 Å². The smallest absolute Gasteiger partial charge is 0.349 e. The zero-order chi connectivity index (χ0) is 60.0. The van der Waals surface area contributed by atoms with Gasteiger partial charge in [0.2, 0.25) is 4.93 Å². The molecule has 3 fully saturated rings. The number of carbonyl (C=O) groups excluding carboxylic acids is 3. The standard InChI is InChI=1S/C42H51O10P.C23H32O7S/c1-29-38(35(27-46-23-31-16-8-3-9-17-31)51-41(49-28-53)39(29)47-24-32-18-10-4-11-19-32)52-42-40(48-25-33-20-12-5-13-21-33)37(44)36(43)34(50-42)26-45-22-30-14-6-2-7-15-30;1-14-12-23(22(26)27-6,31-19-10-8-7-9-11-19)30-21(15(14)2)16(3)20(29-18(5)25)13-28-17(4)24/h2-21,29,34-44H,22-28,53H2,1H3;7-11,14-16,20-21H,12-13H2,1-6H3/t29?,34?,35-,36-,37-,38-,39?,40?,41+,42-;14?,15-,16-,20+,21-,23+/m01/s1. The second-order valence-electron chi connectivity index (χ2n) is 21.5. The zero-order valence-corrected chi connectivity index (χ0v) is 50.9. The SMILES string of the molecule is CC1C(OCc2ccccc2)[C@H](OCP)O[C@@H](COCc2ccccc2)[C@H]1O[C@@H]1OC(COCc2ccccc2)[C@H](O)[C@H](O)C1OCc1ccccc1.COC(=O)[C@@]1(Sc2ccccc2)CC(C)[C@@H](C)[C@H]([C@H](C)[C@H](COC(C)=O)OC(C)=O)O1. The van der Waals surface area contributed by atoms with Crippen LogP contribution < -0.4 is 0 Å². The van der Waals surface area contributed by atoms with Gasteiger partial charge in [0, 0.05) is 37.0 Å². The predicted molar refractivity (Wildman–Crippen MR) is 317 cm³/mol. The van der Waals surface area contributed by atoms with Crippen molar-refractivity contribution in [1.82, 2.24) is 0 Å². The Balaban J connectivity index is 0.000000278. The topological polar surface area (TPSA) is 202 Å². The van der Waals surface area contributed by atoms with Crippen LogP contribution in [0, 0.1) is 23.7 Å². The average Bonchev–Trinajstić information content (AvgIpc) is 3.67. The number of aliphatic hydroxyl groups is 2. The number of benzene rings is 5. The monoisotopic (exact) mass is 1200 g/mol. The lowest BCUT2D eigenvalue weighted by Crippen LogP contribution is -2.63. The minimum atomic E-state index is -1.34. The summed E-state index contributed by atoms with van der Waals surface area (Å²) in [5, 5.41) is 22.9. The van der Waals surface area contributed by atoms with Gasteiger partial charge in [-0.3, -0.25) is 9.59 Å². The molecule has 5 aromatic carbocycles. The van der Waals surface area contributed by atoms with E-state index in [0.717, 1.165) is 27.1 Å². The highest BCUT2D eigenvalue weighted by Crippen LogP contribution is 2.49. The van der Waals surface area contributed by atoms with Gasteiger partial charge in [-0.25, -0.2) is 4.79 Å². The van der Waals surface area contributed by atoms with Gasteiger partial charge in [-0.15, -0.1) is 9.24 Å². The third-order valence-electron chi connectivity index (χ3n) is 15.3. The van der Waals surface area contributed by atoms with Gasteiger partial charge < -0.3 is 67.1 Å². The summed E-state index contributed by atoms with van der Waals surface area (Å²) in [6, 6.07) is 48.7. The maximum atomic E-state index is 13.0. The fourth-order valence-electron chi connectivity index (χ4n) is 10.5. The highest BCUT2D eigenvalue weighted by Gasteiger charge is 2.54. The number of esters is 3. The van der Waals surface area contributed by atoms with Crippen LogP contribution in [0.2, 0.25) is 0 Å². The van der Waals surface area contributed by atoms with E-state index < -0.39 is 90.4 Å². The maximum absolute atomic E-state index is 13.0. The number of rotatable bonds is 26. The van der Waals surface area contributed by atoms with Crippen molar-refractivity contribution in [2.75, 3.05) is 33.3 Å². The van der Waals surface area contributed by atoms with Crippen molar-refractivity contribution >= 4 is 38.9 Å². The lowest BCUT2D eigenvalue weighted by atomic mass is 9.77. The first-order valence-corrected chi connectivity index (χ1v) is 30.2. The molecule has 3 heterocycles. The van der Waals surface area contributed by atoms with Crippen LogP contribution in [-0.4, -0.2) is 134 Å². The highest BCUT2D eigenvalue weighted by atomic mass is 32.2. The molecule has 0 spiro atoms. The number of methoxy groups -OCH3 is 1. The van der Waals surface area contributed by atoms with Crippen LogP contribution in [0.25, 0.3) is 0 Å². The molecule has 0 saturated carbocycles. The van der Waals surface area contributed by atoms with Gasteiger partial charge in [0.1, 0.15) is 49.3 Å². The maximum Gasteiger partial charge on any atom is 0.349 e. The van der Waals surface area contributed by atoms with Crippen LogP contribution in [0.3, 0.4) is 0 Å². The van der Waals surface area contributed by atoms with Crippen molar-refractivity contribution in [3.05, 3.63) is 174 Å². The van der Waals surface area contributed by atoms with Gasteiger partial charge in [-0.05, 0) is 46.2 Å². The zero-order valence-electron chi connectivity index (χ0n) is 49.0. The van der Waals surface area contributed by atoms with Crippen LogP contribution >= 0.6 is 21.0 Å². The molecule has 8 rings (SSSR count). The minimum absolute atomic E-state index is 0.0195. The Bertz CT molecular complexity index is 2700. The molecule has 6 unspecified atom stereocenters. The quantitative estimate of drug-likeness (QED) is 0.0301. The van der Waals surface area contributed by atoms with E-state index >= 15 is 0 Å². The van der Waals surface area contributed by atoms with Crippen LogP contribution in [0.4, 0.5) is 0 Å². The molecule has 5 aromatic rings. The van der Waals surface area contributed by atoms with Crippen molar-refractivity contribution in [3.8, 4) is 0 Å². The second-order valence-corrected chi connectivity index (χ2v) is 23.1. The number of ether oxygens (including phenoxy) is 12. The molecule has 17 nitrogen and oxygen atoms in total. The van der Waals surface area contributed by atoms with E-state index in [2.05, 4.69) is 23.1 Å². The molecule has 0 aliphatic carbocycles. The second kappa shape index (κ2) is 33.7. The molecule has 0 bridgehead atoms. The van der Waals surface area contributed by atoms with Crippen LogP contribution in [0.15, 0.2) is 157 Å². The van der Waals surface area contributed by atoms with Crippen molar-refractivity contribution in [1.29, 1.82) is 0 Å². The number of hydrogen-bond acceptors (Lipinski definition) is 18. The predicted octanol–water partition coefficient (Wildman–Crippen LogP) is 9.47. The van der Waals surface area contributed by atoms with Gasteiger partial charge in [0.15, 0.2) is 12.6 Å². The first-order chi connectivity index (χ1) is 40.6. The fraction of sp³-hybridized carbons (Fsp3) is 0.492. The largest absolute Gasteiger partial charge is 0.466 e. The summed E-state index contributed by atoms with van der Waals surface area (Å²) in [4.78, 5) is 35.6. The van der Waals surface area contributed by atoms with Crippen molar-refractivity contribution in [2.24, 2.45) is 23.7 Å². The Hall–Kier alpha value is -5.15. The molecule has 19 heteroatoms. The lowest BCUT2D eigenvalue weighted by molar-refractivity contribution is -0.361. The third kappa shape index (κ3) is 19.2. The number of carbonyl (C=O) groups is 3. The Morgan fingerprint density at radius 2 is 1.11 bits per heavy atom. The molecule has 3 aliphatic heterocycles. The van der Waals surface area contributed by atoms with E-state index in [1.807, 2.05) is 166 Å². The van der Waals surface area contributed by atoms with Crippen LogP contribution in [0.5, 0.6) is 0 Å². The fourth-order valence-corrected chi connectivity index (χ4v) is 12.1. The Morgan fingerprint density at radius 3 is 1.61 bits per heavy atom. The molecule has 0 aromatic heterocycles. The first-order valence-electron chi connectivity index (χ1n) is 28.6. The molecule has 0 amide bonds. The number of aliphatic hydroxyl groups excluding tert-OH is 2. The van der Waals surface area contributed by atoms with E-state index in [9.17, 15) is 24.6 Å². The van der Waals surface area contributed by atoms with Crippen LogP contribution in [-0.2, 0) is 97.7 Å². The van der Waals surface area contributed by atoms with Crippen LogP contribution in [0.1, 0.15) is 70.2 Å². The number of thioether (sulfide) groups is 1. The van der Waals surface area contributed by atoms with Gasteiger partial charge >= 0.3 is 17.9 Å². The summed E-state index contributed by atoms with van der Waals surface area (Å²) in [5.41, 5.74) is 3.91. The lowest BCUT2D eigenvalue weighted by Gasteiger charge is -2.48. The summed E-state index contributed by atoms with van der Waals surface area (Å²) in [5.74, 6) is -1.82. The molecule has 84 heavy (non-hydrogen) atoms. The third-order valence-corrected chi connectivity index (χ3v) is 16.7. The summed E-state index contributed by atoms with van der Waals surface area (Å²) < 4.78 is 73.2. The molecule has 456 valence electrons. The Kier molecular flexibility index (Phi) is 26.6. The van der Waals surface area contributed by atoms with Crippen molar-refractivity contribution < 1.29 is 81.4 Å². The molecule has 0 radical (unpaired) electrons. The number of hydrogen-bond donors (Lipinski definition) is 2. The van der Waals surface area contributed by atoms with E-state index in [-0.39, 0.29) is 50.1 Å². The summed E-state index contributed by atoms with van der Waals surface area (Å²) in [6.45, 7) is 12.0. The van der Waals surface area contributed by atoms with Gasteiger partial charge in [0.25, 0.3) is 0 Å². The van der Waals surface area contributed by atoms with Crippen molar-refractivity contribution in [3.63, 3.8) is 0 Å². The van der Waals surface area contributed by atoms with Crippen molar-refractivity contribution in [2.45, 2.75) is 152 Å². The van der Waals surface area contributed by atoms with Gasteiger partial charge in [-0.2, -0.15) is 0 Å². The van der Waals surface area contributed by atoms with Gasteiger partial charge in [-0.1, -0.05) is 179 Å². The van der Waals surface area contributed by atoms with E-state index in [1.165, 1.54) is 32.7 Å². The summed E-state index contributed by atoms with van der Waals surface area (Å²) >= 11 is 1.33. The van der Waals surface area contributed by atoms with E-state index in [4.69, 9.17) is 56.8 Å². The summed E-state index contributed by atoms with van der Waals surface area (Å²) in [7, 11) is 3.93. The van der Waals surface area contributed by atoms with E-state index in [1.54, 1.807) is 0 Å². The highest BCUT2D eigenvalue weighted by molar-refractivity contribution is 8.01. The average molecular weight is 1200 g/mol. The molecular formula is C65H83O17PS. The normalized spacial score (nSPS) is 28.4. The Labute approximate surface area is 500 Å². The first kappa shape index (κ1) is 66.4. The molecular weight excluding hydrogens is 1120 g/mol. The van der Waals surface area contributed by atoms with E-state index in [0.29, 0.717) is 32.6 Å². The summed E-state index contributed by atoms with van der Waals surface area (Å²) in [6.07, 6.45) is -8.50. The molecule has 3 aliphatic rings. The Morgan fingerprint density at radius 1 is 0.619 bits per heavy atom. The molecule has 17 atom stereocenters. The molecule has 2 N–H and O–H groups in total. The minimum Gasteiger partial charge on any atom is -0.466 e.